The molecule has 0 fully saturated rings. The summed E-state index contributed by atoms with van der Waals surface area (Å²) in [5, 5.41) is 0. The Balaban J connectivity index is 1.63. The molecule has 1 atom stereocenters. The van der Waals surface area contributed by atoms with Crippen LogP contribution in [0.2, 0.25) is 0 Å². The Morgan fingerprint density at radius 1 is 0.725 bits per heavy atom. The minimum Gasteiger partial charge on any atom is -0.493 e. The molecule has 0 aliphatic carbocycles. The fraction of sp³-hybridized carbons (Fsp3) is 0.267. The van der Waals surface area contributed by atoms with Gasteiger partial charge in [-0.1, -0.05) is 0 Å². The van der Waals surface area contributed by atoms with E-state index in [0.29, 0.717) is 68.2 Å². The molecule has 2 heterocycles. The Kier molecular flexibility index (Phi) is 7.17. The average Bonchev–Trinajstić information content (AvgIpc) is 3.29. The number of fused-ring (bicyclic) bond motifs is 3. The van der Waals surface area contributed by atoms with Gasteiger partial charge in [-0.2, -0.15) is 0 Å². The summed E-state index contributed by atoms with van der Waals surface area (Å²) in [5.74, 6) is 1.99. The third-order valence-electron chi connectivity index (χ3n) is 6.89. The van der Waals surface area contributed by atoms with Gasteiger partial charge in [0.05, 0.1) is 54.6 Å². The van der Waals surface area contributed by atoms with Crippen molar-refractivity contribution in [3.8, 4) is 46.0 Å². The van der Waals surface area contributed by atoms with Crippen molar-refractivity contribution >= 4 is 17.8 Å². The smallest absolute Gasteiger partial charge is 0.312 e. The molecule has 0 saturated carbocycles. The predicted molar refractivity (Wildman–Crippen MR) is 144 cm³/mol. The summed E-state index contributed by atoms with van der Waals surface area (Å²) in [4.78, 5) is 26.1. The molecule has 0 amide bonds. The SMILES string of the molecule is COc1cc(C2CC(=O)Oc3ccc4c(c32)O/C(=C/c2ccc(OC)c(OC)c2OC)C4=O)cc(OC)c1OC. The van der Waals surface area contributed by atoms with Gasteiger partial charge in [-0.15, -0.1) is 0 Å². The van der Waals surface area contributed by atoms with Crippen LogP contribution >= 0.6 is 0 Å². The number of carbonyl (C=O) groups excluding carboxylic acids is 2. The molecule has 2 aliphatic rings. The molecule has 0 saturated heterocycles. The van der Waals surface area contributed by atoms with E-state index in [1.807, 2.05) is 0 Å². The molecule has 40 heavy (non-hydrogen) atoms. The number of esters is 1. The van der Waals surface area contributed by atoms with E-state index in [2.05, 4.69) is 0 Å². The van der Waals surface area contributed by atoms with Crippen LogP contribution in [0.3, 0.4) is 0 Å². The van der Waals surface area contributed by atoms with Crippen molar-refractivity contribution in [1.29, 1.82) is 0 Å². The van der Waals surface area contributed by atoms with Gasteiger partial charge in [-0.3, -0.25) is 9.59 Å². The normalized spacial score (nSPS) is 16.4. The van der Waals surface area contributed by atoms with Gasteiger partial charge in [0.15, 0.2) is 28.8 Å². The first-order valence-corrected chi connectivity index (χ1v) is 12.3. The molecule has 0 N–H and O–H groups in total. The lowest BCUT2D eigenvalue weighted by atomic mass is 9.84. The molecule has 3 aromatic rings. The molecule has 1 unspecified atom stereocenters. The Morgan fingerprint density at radius 3 is 1.98 bits per heavy atom. The number of Topliss-reactive ketones (excluding diaryl/α,β-unsaturated/α-hetero) is 1. The van der Waals surface area contributed by atoms with Crippen molar-refractivity contribution in [3.05, 3.63) is 64.4 Å². The second-order valence-electron chi connectivity index (χ2n) is 8.91. The highest BCUT2D eigenvalue weighted by Crippen LogP contribution is 2.51. The summed E-state index contributed by atoms with van der Waals surface area (Å²) in [6.07, 6.45) is 1.60. The number of methoxy groups -OCH3 is 6. The first-order chi connectivity index (χ1) is 19.4. The fourth-order valence-corrected chi connectivity index (χ4v) is 5.07. The molecule has 0 radical (unpaired) electrons. The Hall–Kier alpha value is -4.86. The second-order valence-corrected chi connectivity index (χ2v) is 8.91. The second kappa shape index (κ2) is 10.7. The molecule has 3 aromatic carbocycles. The van der Waals surface area contributed by atoms with Crippen LogP contribution in [0.1, 0.15) is 39.4 Å². The van der Waals surface area contributed by atoms with Crippen molar-refractivity contribution < 1.29 is 47.5 Å². The van der Waals surface area contributed by atoms with Crippen LogP contribution in [0.5, 0.6) is 46.0 Å². The first-order valence-electron chi connectivity index (χ1n) is 12.3. The van der Waals surface area contributed by atoms with Crippen LogP contribution in [0.25, 0.3) is 6.08 Å². The van der Waals surface area contributed by atoms with Crippen molar-refractivity contribution in [1.82, 2.24) is 0 Å². The molecule has 0 aromatic heterocycles. The summed E-state index contributed by atoms with van der Waals surface area (Å²) in [5.41, 5.74) is 2.18. The zero-order valence-electron chi connectivity index (χ0n) is 22.9. The number of hydrogen-bond acceptors (Lipinski definition) is 10. The van der Waals surface area contributed by atoms with Gasteiger partial charge >= 0.3 is 5.97 Å². The molecule has 0 spiro atoms. The van der Waals surface area contributed by atoms with Crippen LogP contribution in [-0.4, -0.2) is 54.4 Å². The van der Waals surface area contributed by atoms with E-state index in [1.54, 1.807) is 42.5 Å². The standard InChI is InChI=1S/C30H28O10/c1-33-20-9-7-15(27(36-4)30(20)38-6)11-21-26(32)17-8-10-19-25(28(17)40-21)18(14-24(31)39-19)16-12-22(34-2)29(37-5)23(13-16)35-3/h7-13,18H,14H2,1-6H3/b21-11+. The van der Waals surface area contributed by atoms with Gasteiger partial charge in [-0.05, 0) is 48.0 Å². The number of ketones is 1. The highest BCUT2D eigenvalue weighted by molar-refractivity contribution is 6.15. The average molecular weight is 549 g/mol. The van der Waals surface area contributed by atoms with E-state index in [1.165, 1.54) is 42.7 Å². The third-order valence-corrected chi connectivity index (χ3v) is 6.89. The van der Waals surface area contributed by atoms with E-state index in [0.717, 1.165) is 0 Å². The van der Waals surface area contributed by atoms with E-state index in [9.17, 15) is 9.59 Å². The maximum absolute atomic E-state index is 13.5. The molecule has 10 nitrogen and oxygen atoms in total. The Labute approximate surface area is 230 Å². The lowest BCUT2D eigenvalue weighted by Gasteiger charge is -2.27. The van der Waals surface area contributed by atoms with Gasteiger partial charge in [0, 0.05) is 17.0 Å². The minimum atomic E-state index is -0.511. The summed E-state index contributed by atoms with van der Waals surface area (Å²) >= 11 is 0. The zero-order valence-corrected chi connectivity index (χ0v) is 22.9. The number of hydrogen-bond donors (Lipinski definition) is 0. The number of carbonyl (C=O) groups is 2. The highest BCUT2D eigenvalue weighted by Gasteiger charge is 2.39. The van der Waals surface area contributed by atoms with Gasteiger partial charge in [0.1, 0.15) is 11.5 Å². The Morgan fingerprint density at radius 2 is 1.38 bits per heavy atom. The Bertz CT molecular complexity index is 1510. The van der Waals surface area contributed by atoms with Crippen LogP contribution in [0.4, 0.5) is 0 Å². The van der Waals surface area contributed by atoms with Crippen LogP contribution in [-0.2, 0) is 4.79 Å². The maximum atomic E-state index is 13.5. The first kappa shape index (κ1) is 26.7. The molecule has 2 aliphatic heterocycles. The lowest BCUT2D eigenvalue weighted by molar-refractivity contribution is -0.135. The molecule has 0 bridgehead atoms. The van der Waals surface area contributed by atoms with Crippen LogP contribution < -0.4 is 37.9 Å². The number of rotatable bonds is 8. The van der Waals surface area contributed by atoms with Gasteiger partial charge in [0.2, 0.25) is 17.3 Å². The maximum Gasteiger partial charge on any atom is 0.312 e. The molecular formula is C30H28O10. The molecule has 10 heteroatoms. The summed E-state index contributed by atoms with van der Waals surface area (Å²) in [6, 6.07) is 10.2. The fourth-order valence-electron chi connectivity index (χ4n) is 5.07. The summed E-state index contributed by atoms with van der Waals surface area (Å²) in [6.45, 7) is 0. The zero-order chi connectivity index (χ0) is 28.6. The van der Waals surface area contributed by atoms with E-state index in [4.69, 9.17) is 37.9 Å². The van der Waals surface area contributed by atoms with Crippen molar-refractivity contribution in [2.75, 3.05) is 42.7 Å². The van der Waals surface area contributed by atoms with Crippen molar-refractivity contribution in [2.45, 2.75) is 12.3 Å². The van der Waals surface area contributed by atoms with Crippen molar-refractivity contribution in [3.63, 3.8) is 0 Å². The van der Waals surface area contributed by atoms with E-state index < -0.39 is 11.9 Å². The van der Waals surface area contributed by atoms with Gasteiger partial charge in [-0.25, -0.2) is 0 Å². The topological polar surface area (TPSA) is 108 Å². The molecule has 208 valence electrons. The van der Waals surface area contributed by atoms with Crippen LogP contribution in [0, 0.1) is 0 Å². The number of allylic oxidation sites excluding steroid dienone is 1. The number of benzene rings is 3. The van der Waals surface area contributed by atoms with E-state index >= 15 is 0 Å². The minimum absolute atomic E-state index is 0.0161. The summed E-state index contributed by atoms with van der Waals surface area (Å²) in [7, 11) is 9.07. The van der Waals surface area contributed by atoms with Crippen molar-refractivity contribution in [2.24, 2.45) is 0 Å². The third kappa shape index (κ3) is 4.31. The quantitative estimate of drug-likeness (QED) is 0.221. The van der Waals surface area contributed by atoms with Gasteiger partial charge in [0.25, 0.3) is 0 Å². The molecule has 5 rings (SSSR count). The predicted octanol–water partition coefficient (Wildman–Crippen LogP) is 4.80. The monoisotopic (exact) mass is 548 g/mol. The van der Waals surface area contributed by atoms with Crippen LogP contribution in [0.15, 0.2) is 42.2 Å². The van der Waals surface area contributed by atoms with Gasteiger partial charge < -0.3 is 37.9 Å². The highest BCUT2D eigenvalue weighted by atomic mass is 16.5. The molecular weight excluding hydrogens is 520 g/mol. The number of ether oxygens (including phenoxy) is 8. The lowest BCUT2D eigenvalue weighted by Crippen LogP contribution is -2.21. The van der Waals surface area contributed by atoms with E-state index in [-0.39, 0.29) is 18.0 Å². The summed E-state index contributed by atoms with van der Waals surface area (Å²) < 4.78 is 44.7. The largest absolute Gasteiger partial charge is 0.493 e.